The molecule has 0 saturated heterocycles. The summed E-state index contributed by atoms with van der Waals surface area (Å²) in [6.45, 7) is 2.05. The van der Waals surface area contributed by atoms with Gasteiger partial charge in [0.15, 0.2) is 0 Å². The molecule has 0 radical (unpaired) electrons. The molecule has 0 aliphatic rings. The predicted molar refractivity (Wildman–Crippen MR) is 68.7 cm³/mol. The number of hydrogen-bond acceptors (Lipinski definition) is 4. The highest BCUT2D eigenvalue weighted by Crippen LogP contribution is 2.39. The third kappa shape index (κ3) is 1.96. The van der Waals surface area contributed by atoms with Crippen LogP contribution in [0.1, 0.15) is 5.56 Å². The Morgan fingerprint density at radius 2 is 1.93 bits per heavy atom. The van der Waals surface area contributed by atoms with Crippen molar-refractivity contribution in [2.24, 2.45) is 0 Å². The van der Waals surface area contributed by atoms with Crippen molar-refractivity contribution in [3.05, 3.63) is 11.6 Å². The van der Waals surface area contributed by atoms with Gasteiger partial charge in [-0.1, -0.05) is 0 Å². The van der Waals surface area contributed by atoms with Crippen molar-refractivity contribution >= 4 is 34.9 Å². The number of anilines is 2. The zero-order chi connectivity index (χ0) is 10.7. The highest BCUT2D eigenvalue weighted by Gasteiger charge is 2.11. The summed E-state index contributed by atoms with van der Waals surface area (Å²) < 4.78 is 0. The van der Waals surface area contributed by atoms with Crippen molar-refractivity contribution in [2.75, 3.05) is 30.6 Å². The second kappa shape index (κ2) is 4.84. The maximum atomic E-state index is 6.02. The summed E-state index contributed by atoms with van der Waals surface area (Å²) in [5.74, 6) is 0. The normalized spacial score (nSPS) is 10.3. The molecule has 0 aromatic heterocycles. The van der Waals surface area contributed by atoms with E-state index < -0.39 is 0 Å². The molecule has 0 bridgehead atoms. The van der Waals surface area contributed by atoms with Gasteiger partial charge < -0.3 is 11.1 Å². The van der Waals surface area contributed by atoms with Gasteiger partial charge in [-0.05, 0) is 31.1 Å². The summed E-state index contributed by atoms with van der Waals surface area (Å²) in [5.41, 5.74) is 9.21. The second-order valence-electron chi connectivity index (χ2n) is 2.97. The fraction of sp³-hybridized carbons (Fsp3) is 0.400. The van der Waals surface area contributed by atoms with Crippen molar-refractivity contribution in [3.63, 3.8) is 0 Å². The third-order valence-corrected chi connectivity index (χ3v) is 3.76. The average Bonchev–Trinajstić information content (AvgIpc) is 2.20. The van der Waals surface area contributed by atoms with Gasteiger partial charge in [-0.2, -0.15) is 0 Å². The summed E-state index contributed by atoms with van der Waals surface area (Å²) >= 11 is 3.43. The Bertz CT molecular complexity index is 337. The molecule has 1 aromatic carbocycles. The summed E-state index contributed by atoms with van der Waals surface area (Å²) in [4.78, 5) is 2.40. The smallest absolute Gasteiger partial charge is 0.0634 e. The molecule has 1 aromatic rings. The van der Waals surface area contributed by atoms with Crippen LogP contribution in [0.4, 0.5) is 11.4 Å². The van der Waals surface area contributed by atoms with E-state index in [1.54, 1.807) is 23.5 Å². The largest absolute Gasteiger partial charge is 0.398 e. The van der Waals surface area contributed by atoms with E-state index in [2.05, 4.69) is 23.9 Å². The van der Waals surface area contributed by atoms with E-state index in [9.17, 15) is 0 Å². The fourth-order valence-corrected chi connectivity index (χ4v) is 2.95. The van der Waals surface area contributed by atoms with Crippen molar-refractivity contribution < 1.29 is 0 Å². The van der Waals surface area contributed by atoms with Crippen molar-refractivity contribution in [1.82, 2.24) is 0 Å². The van der Waals surface area contributed by atoms with Crippen LogP contribution in [0, 0.1) is 6.92 Å². The Hall–Kier alpha value is -0.480. The first-order valence-electron chi connectivity index (χ1n) is 4.34. The minimum absolute atomic E-state index is 0.889. The Morgan fingerprint density at radius 1 is 1.29 bits per heavy atom. The standard InChI is InChI=1S/C10H16N2S2/c1-6-5-7(13-3)9(12-2)10(14-4)8(6)11/h5,12H,11H2,1-4H3. The van der Waals surface area contributed by atoms with Gasteiger partial charge in [-0.25, -0.2) is 0 Å². The maximum Gasteiger partial charge on any atom is 0.0634 e. The summed E-state index contributed by atoms with van der Waals surface area (Å²) in [6, 6.07) is 2.13. The zero-order valence-corrected chi connectivity index (χ0v) is 10.6. The molecule has 0 aliphatic carbocycles. The lowest BCUT2D eigenvalue weighted by atomic mass is 10.2. The summed E-state index contributed by atoms with van der Waals surface area (Å²) in [5, 5.41) is 3.21. The van der Waals surface area contributed by atoms with Gasteiger partial charge in [0.05, 0.1) is 16.3 Å². The maximum absolute atomic E-state index is 6.02. The first-order chi connectivity index (χ1) is 6.65. The minimum Gasteiger partial charge on any atom is -0.398 e. The molecule has 0 fully saturated rings. The van der Waals surface area contributed by atoms with Crippen LogP contribution in [0.5, 0.6) is 0 Å². The van der Waals surface area contributed by atoms with E-state index in [1.807, 2.05) is 14.0 Å². The molecule has 14 heavy (non-hydrogen) atoms. The molecule has 0 atom stereocenters. The van der Waals surface area contributed by atoms with Crippen LogP contribution in [0.3, 0.4) is 0 Å². The number of nitrogens with two attached hydrogens (primary N) is 1. The van der Waals surface area contributed by atoms with Gasteiger partial charge >= 0.3 is 0 Å². The van der Waals surface area contributed by atoms with Crippen LogP contribution in [0.2, 0.25) is 0 Å². The number of benzene rings is 1. The highest BCUT2D eigenvalue weighted by molar-refractivity contribution is 7.99. The van der Waals surface area contributed by atoms with Gasteiger partial charge in [-0.15, -0.1) is 23.5 Å². The van der Waals surface area contributed by atoms with Crippen LogP contribution in [0.15, 0.2) is 15.9 Å². The van der Waals surface area contributed by atoms with Gasteiger partial charge in [0.2, 0.25) is 0 Å². The van der Waals surface area contributed by atoms with Crippen LogP contribution >= 0.6 is 23.5 Å². The predicted octanol–water partition coefficient (Wildman–Crippen LogP) is 3.06. The molecule has 78 valence electrons. The van der Waals surface area contributed by atoms with Crippen molar-refractivity contribution in [1.29, 1.82) is 0 Å². The highest BCUT2D eigenvalue weighted by atomic mass is 32.2. The van der Waals surface area contributed by atoms with Crippen LogP contribution in [-0.4, -0.2) is 19.6 Å². The lowest BCUT2D eigenvalue weighted by molar-refractivity contribution is 1.25. The Kier molecular flexibility index (Phi) is 4.01. The number of hydrogen-bond donors (Lipinski definition) is 2. The molecule has 0 saturated carbocycles. The molecule has 3 N–H and O–H groups in total. The number of thioether (sulfide) groups is 2. The quantitative estimate of drug-likeness (QED) is 0.616. The topological polar surface area (TPSA) is 38.0 Å². The van der Waals surface area contributed by atoms with Gasteiger partial charge in [-0.3, -0.25) is 0 Å². The monoisotopic (exact) mass is 228 g/mol. The van der Waals surface area contributed by atoms with E-state index >= 15 is 0 Å². The SMILES string of the molecule is CNc1c(SC)cc(C)c(N)c1SC. The molecule has 0 heterocycles. The lowest BCUT2D eigenvalue weighted by Crippen LogP contribution is -2.00. The van der Waals surface area contributed by atoms with E-state index in [0.717, 1.165) is 21.8 Å². The minimum atomic E-state index is 0.889. The third-order valence-electron chi connectivity index (χ3n) is 2.16. The zero-order valence-electron chi connectivity index (χ0n) is 8.97. The van der Waals surface area contributed by atoms with Crippen molar-refractivity contribution in [3.8, 4) is 0 Å². The molecule has 0 aliphatic heterocycles. The lowest BCUT2D eigenvalue weighted by Gasteiger charge is -2.16. The molecule has 0 amide bonds. The molecule has 1 rings (SSSR count). The first kappa shape index (κ1) is 11.6. The fourth-order valence-electron chi connectivity index (χ4n) is 1.38. The Morgan fingerprint density at radius 3 is 2.36 bits per heavy atom. The molecular weight excluding hydrogens is 212 g/mol. The second-order valence-corrected chi connectivity index (χ2v) is 4.63. The van der Waals surface area contributed by atoms with Gasteiger partial charge in [0.1, 0.15) is 0 Å². The van der Waals surface area contributed by atoms with E-state index in [-0.39, 0.29) is 0 Å². The van der Waals surface area contributed by atoms with E-state index in [1.165, 1.54) is 4.90 Å². The number of aryl methyl sites for hydroxylation is 1. The van der Waals surface area contributed by atoms with Crippen molar-refractivity contribution in [2.45, 2.75) is 16.7 Å². The molecule has 0 spiro atoms. The summed E-state index contributed by atoms with van der Waals surface area (Å²) in [7, 11) is 1.93. The molecule has 2 nitrogen and oxygen atoms in total. The van der Waals surface area contributed by atoms with Crippen LogP contribution in [0.25, 0.3) is 0 Å². The average molecular weight is 228 g/mol. The number of nitrogen functional groups attached to an aromatic ring is 1. The molecular formula is C10H16N2S2. The number of nitrogens with one attached hydrogen (secondary N) is 1. The van der Waals surface area contributed by atoms with E-state index in [0.29, 0.717) is 0 Å². The summed E-state index contributed by atoms with van der Waals surface area (Å²) in [6.07, 6.45) is 4.13. The first-order valence-corrected chi connectivity index (χ1v) is 6.79. The van der Waals surface area contributed by atoms with Crippen LogP contribution < -0.4 is 11.1 Å². The van der Waals surface area contributed by atoms with Crippen LogP contribution in [-0.2, 0) is 0 Å². The Balaban J connectivity index is 3.42. The number of rotatable bonds is 3. The van der Waals surface area contributed by atoms with E-state index in [4.69, 9.17) is 5.73 Å². The Labute approximate surface area is 94.0 Å². The van der Waals surface area contributed by atoms with Gasteiger partial charge in [0, 0.05) is 11.9 Å². The van der Waals surface area contributed by atoms with Gasteiger partial charge in [0.25, 0.3) is 0 Å². The molecule has 4 heteroatoms. The molecule has 0 unspecified atom stereocenters.